The summed E-state index contributed by atoms with van der Waals surface area (Å²) >= 11 is 0. The first-order valence-electron chi connectivity index (χ1n) is 23.2. The van der Waals surface area contributed by atoms with Crippen LogP contribution in [0.2, 0.25) is 0 Å². The van der Waals surface area contributed by atoms with Gasteiger partial charge < -0.3 is 31.3 Å². The molecule has 0 aliphatic rings. The summed E-state index contributed by atoms with van der Waals surface area (Å²) in [5.74, 6) is -8.94. The Morgan fingerprint density at radius 2 is 0.613 bits per heavy atom. The molecule has 62 heavy (non-hydrogen) atoms. The zero-order chi connectivity index (χ0) is 46.1. The normalized spacial score (nSPS) is 14.4. The van der Waals surface area contributed by atoms with E-state index < -0.39 is 65.3 Å². The topological polar surface area (TPSA) is 275 Å². The van der Waals surface area contributed by atoms with E-state index in [1.165, 1.54) is 12.8 Å². The summed E-state index contributed by atoms with van der Waals surface area (Å²) in [5.41, 5.74) is 10.8. The predicted molar refractivity (Wildman–Crippen MR) is 234 cm³/mol. The minimum atomic E-state index is -5.09. The van der Waals surface area contributed by atoms with Crippen LogP contribution in [-0.2, 0) is 39.4 Å². The SMILES string of the molecule is CCCCCCCCCCC(C(=O)[O-])(C(CCCCCCCC)C(N)=O)S(=O)(=O)O.CCCCCCCCCCC(C(=O)[O-])(C(CCCCCCCC)C(N)=O)S(=O)(=O)O.[Na+].[Na+]. The van der Waals surface area contributed by atoms with Crippen LogP contribution >= 0.6 is 0 Å². The van der Waals surface area contributed by atoms with Crippen molar-refractivity contribution in [3.05, 3.63) is 0 Å². The molecule has 0 radical (unpaired) electrons. The van der Waals surface area contributed by atoms with Gasteiger partial charge in [0.1, 0.15) is 9.49 Å². The molecular formula is C44H84N2Na2O12S2. The van der Waals surface area contributed by atoms with E-state index in [-0.39, 0.29) is 97.6 Å². The number of carboxylic acids is 2. The van der Waals surface area contributed by atoms with Crippen LogP contribution in [0.15, 0.2) is 0 Å². The fourth-order valence-electron chi connectivity index (χ4n) is 8.18. The van der Waals surface area contributed by atoms with E-state index in [1.807, 2.05) is 0 Å². The van der Waals surface area contributed by atoms with Crippen molar-refractivity contribution in [3.63, 3.8) is 0 Å². The summed E-state index contributed by atoms with van der Waals surface area (Å²) in [6, 6.07) is 0. The van der Waals surface area contributed by atoms with E-state index >= 15 is 0 Å². The molecular weight excluding hydrogens is 859 g/mol. The number of nitrogens with two attached hydrogens (primary N) is 2. The van der Waals surface area contributed by atoms with Gasteiger partial charge >= 0.3 is 59.1 Å². The summed E-state index contributed by atoms with van der Waals surface area (Å²) in [7, 11) is -10.2. The fourth-order valence-corrected chi connectivity index (χ4v) is 10.6. The molecule has 4 atom stereocenters. The Bertz CT molecular complexity index is 1300. The Morgan fingerprint density at radius 1 is 0.419 bits per heavy atom. The molecule has 0 saturated carbocycles. The minimum absolute atomic E-state index is 0. The molecule has 0 aromatic rings. The van der Waals surface area contributed by atoms with Crippen LogP contribution in [0.5, 0.6) is 0 Å². The zero-order valence-corrected chi connectivity index (χ0v) is 45.4. The van der Waals surface area contributed by atoms with Gasteiger partial charge in [-0.3, -0.25) is 18.7 Å². The number of carbonyl (C=O) groups is 4. The summed E-state index contributed by atoms with van der Waals surface area (Å²) in [6.45, 7) is 8.45. The van der Waals surface area contributed by atoms with Gasteiger partial charge in [0.2, 0.25) is 11.8 Å². The van der Waals surface area contributed by atoms with Crippen LogP contribution in [0.1, 0.15) is 233 Å². The van der Waals surface area contributed by atoms with E-state index in [1.54, 1.807) is 0 Å². The smallest absolute Gasteiger partial charge is 0.548 e. The molecule has 2 amide bonds. The van der Waals surface area contributed by atoms with Crippen LogP contribution in [0, 0.1) is 11.8 Å². The fraction of sp³-hybridized carbons (Fsp3) is 0.909. The van der Waals surface area contributed by atoms with Crippen molar-refractivity contribution < 1.29 is 114 Å². The number of carboxylic acid groups (broad SMARTS) is 2. The largest absolute Gasteiger partial charge is 1.00 e. The second kappa shape index (κ2) is 39.8. The zero-order valence-electron chi connectivity index (χ0n) is 39.7. The molecule has 0 spiro atoms. The standard InChI is InChI=1S/2C22H43NO6S.2Na/c2*1-3-5-7-9-11-12-14-16-18-22(21(25)26,30(27,28)29)19(20(23)24)17-15-13-10-8-6-4-2;;/h2*19H,3-18H2,1-2H3,(H2,23,24)(H,25,26)(H,27,28,29);;/q;;2*+1/p-2. The minimum Gasteiger partial charge on any atom is -0.548 e. The van der Waals surface area contributed by atoms with E-state index in [0.29, 0.717) is 25.7 Å². The number of amides is 2. The molecule has 0 aromatic heterocycles. The van der Waals surface area contributed by atoms with Crippen LogP contribution in [0.4, 0.5) is 0 Å². The number of aliphatic carboxylic acids is 2. The van der Waals surface area contributed by atoms with E-state index in [2.05, 4.69) is 27.7 Å². The van der Waals surface area contributed by atoms with E-state index in [4.69, 9.17) is 11.5 Å². The number of hydrogen-bond acceptors (Lipinski definition) is 10. The molecule has 0 saturated heterocycles. The molecule has 4 unspecified atom stereocenters. The van der Waals surface area contributed by atoms with Gasteiger partial charge in [-0.2, -0.15) is 16.8 Å². The Labute approximate surface area is 420 Å². The summed E-state index contributed by atoms with van der Waals surface area (Å²) in [6.07, 6.45) is 24.5. The summed E-state index contributed by atoms with van der Waals surface area (Å²) in [5, 5.41) is 23.9. The van der Waals surface area contributed by atoms with Crippen molar-refractivity contribution in [2.24, 2.45) is 23.3 Å². The van der Waals surface area contributed by atoms with Crippen molar-refractivity contribution in [3.8, 4) is 0 Å². The third-order valence-corrected chi connectivity index (χ3v) is 15.1. The first-order chi connectivity index (χ1) is 28.3. The molecule has 0 aromatic carbocycles. The van der Waals surface area contributed by atoms with Crippen LogP contribution < -0.4 is 80.8 Å². The number of rotatable bonds is 40. The molecule has 356 valence electrons. The number of primary amides is 2. The van der Waals surface area contributed by atoms with Gasteiger partial charge in [-0.15, -0.1) is 0 Å². The maximum absolute atomic E-state index is 12.2. The van der Waals surface area contributed by atoms with Crippen molar-refractivity contribution in [2.45, 2.75) is 243 Å². The molecule has 6 N–H and O–H groups in total. The maximum atomic E-state index is 12.2. The molecule has 0 aliphatic carbocycles. The quantitative estimate of drug-likeness (QED) is 0.0387. The molecule has 18 heteroatoms. The number of unbranched alkanes of at least 4 members (excludes halogenated alkanes) is 24. The molecule has 0 aliphatic heterocycles. The maximum Gasteiger partial charge on any atom is 1.00 e. The first-order valence-corrected chi connectivity index (χ1v) is 26.1. The van der Waals surface area contributed by atoms with Gasteiger partial charge in [-0.1, -0.05) is 207 Å². The van der Waals surface area contributed by atoms with E-state index in [0.717, 1.165) is 128 Å². The van der Waals surface area contributed by atoms with Crippen molar-refractivity contribution in [2.75, 3.05) is 0 Å². The van der Waals surface area contributed by atoms with Gasteiger partial charge in [0.25, 0.3) is 20.2 Å². The van der Waals surface area contributed by atoms with Crippen molar-refractivity contribution >= 4 is 44.0 Å². The third kappa shape index (κ3) is 26.7. The second-order valence-corrected chi connectivity index (χ2v) is 20.1. The molecule has 0 bridgehead atoms. The second-order valence-electron chi connectivity index (χ2n) is 16.8. The molecule has 0 heterocycles. The monoisotopic (exact) mass is 943 g/mol. The Balaban J connectivity index is -0.000000526. The predicted octanol–water partition coefficient (Wildman–Crippen LogP) is 1.50. The molecule has 0 fully saturated rings. The van der Waals surface area contributed by atoms with Gasteiger partial charge in [-0.25, -0.2) is 0 Å². The van der Waals surface area contributed by atoms with Gasteiger partial charge in [-0.05, 0) is 25.7 Å². The Hall–Kier alpha value is -0.300. The summed E-state index contributed by atoms with van der Waals surface area (Å²) in [4.78, 5) is 48.0. The number of hydrogen-bond donors (Lipinski definition) is 4. The van der Waals surface area contributed by atoms with Crippen LogP contribution in [-0.4, -0.2) is 59.2 Å². The van der Waals surface area contributed by atoms with E-state index in [9.17, 15) is 55.3 Å². The summed E-state index contributed by atoms with van der Waals surface area (Å²) < 4.78 is 63.0. The third-order valence-electron chi connectivity index (χ3n) is 11.9. The van der Waals surface area contributed by atoms with Crippen LogP contribution in [0.25, 0.3) is 0 Å². The first kappa shape index (κ1) is 68.3. The Kier molecular flexibility index (Phi) is 43.9. The van der Waals surface area contributed by atoms with Crippen molar-refractivity contribution in [1.29, 1.82) is 0 Å². The van der Waals surface area contributed by atoms with Crippen LogP contribution in [0.3, 0.4) is 0 Å². The molecule has 14 nitrogen and oxygen atoms in total. The average Bonchev–Trinajstić information content (AvgIpc) is 3.16. The van der Waals surface area contributed by atoms with Gasteiger partial charge in [0, 0.05) is 0 Å². The van der Waals surface area contributed by atoms with Gasteiger partial charge in [0.15, 0.2) is 0 Å². The van der Waals surface area contributed by atoms with Crippen molar-refractivity contribution in [1.82, 2.24) is 0 Å². The molecule has 0 rings (SSSR count). The Morgan fingerprint density at radius 3 is 0.790 bits per heavy atom. The number of carbonyl (C=O) groups excluding carboxylic acids is 4. The average molecular weight is 943 g/mol. The van der Waals surface area contributed by atoms with Gasteiger partial charge in [0.05, 0.1) is 23.8 Å².